The largest absolute Gasteiger partial charge is 0.330 e. The molecule has 1 aromatic carbocycles. The predicted molar refractivity (Wildman–Crippen MR) is 89.4 cm³/mol. The molecule has 1 aromatic heterocycles. The molecule has 1 aliphatic heterocycles. The van der Waals surface area contributed by atoms with Crippen molar-refractivity contribution in [2.75, 3.05) is 19.6 Å². The monoisotopic (exact) mass is 331 g/mol. The fourth-order valence-corrected chi connectivity index (χ4v) is 5.90. The highest BCUT2D eigenvalue weighted by Crippen LogP contribution is 2.46. The molecule has 0 spiro atoms. The van der Waals surface area contributed by atoms with Gasteiger partial charge >= 0.3 is 0 Å². The minimum absolute atomic E-state index is 0.332. The van der Waals surface area contributed by atoms with Crippen LogP contribution in [0.1, 0.15) is 12.0 Å². The summed E-state index contributed by atoms with van der Waals surface area (Å²) in [5.41, 5.74) is 7.27. The molecule has 6 heteroatoms. The summed E-state index contributed by atoms with van der Waals surface area (Å²) in [6.45, 7) is 3.79. The number of aromatic nitrogens is 1. The second-order valence-electron chi connectivity index (χ2n) is 6.82. The Hall–Kier alpha value is -1.50. The van der Waals surface area contributed by atoms with Gasteiger partial charge in [0.1, 0.15) is 4.90 Å². The van der Waals surface area contributed by atoms with Gasteiger partial charge < -0.3 is 5.73 Å². The first-order valence-electron chi connectivity index (χ1n) is 8.06. The molecule has 2 fully saturated rings. The zero-order chi connectivity index (χ0) is 16.2. The molecule has 2 aromatic rings. The molecule has 0 radical (unpaired) electrons. The first-order valence-corrected chi connectivity index (χ1v) is 9.50. The summed E-state index contributed by atoms with van der Waals surface area (Å²) in [5, 5.41) is 0.869. The molecule has 122 valence electrons. The number of fused-ring (bicyclic) bond motifs is 2. The number of sulfonamides is 1. The molecule has 5 nitrogen and oxygen atoms in total. The average Bonchev–Trinajstić information content (AvgIpc) is 2.85. The fraction of sp³-hybridized carbons (Fsp3) is 0.471. The van der Waals surface area contributed by atoms with Crippen LogP contribution < -0.4 is 5.73 Å². The second-order valence-corrected chi connectivity index (χ2v) is 8.72. The van der Waals surface area contributed by atoms with E-state index in [2.05, 4.69) is 4.98 Å². The number of rotatable bonds is 3. The lowest BCUT2D eigenvalue weighted by Crippen LogP contribution is -2.40. The molecule has 1 saturated heterocycles. The summed E-state index contributed by atoms with van der Waals surface area (Å²) in [7, 11) is -3.52. The van der Waals surface area contributed by atoms with Crippen molar-refractivity contribution < 1.29 is 8.42 Å². The van der Waals surface area contributed by atoms with E-state index in [1.807, 2.05) is 25.1 Å². The van der Waals surface area contributed by atoms with Crippen LogP contribution in [-0.2, 0) is 10.0 Å². The van der Waals surface area contributed by atoms with E-state index in [9.17, 15) is 8.42 Å². The third-order valence-corrected chi connectivity index (χ3v) is 7.25. The second kappa shape index (κ2) is 5.26. The molecule has 1 aliphatic carbocycles. The molecule has 0 bridgehead atoms. The summed E-state index contributed by atoms with van der Waals surface area (Å²) in [6.07, 6.45) is 2.70. The van der Waals surface area contributed by atoms with Crippen molar-refractivity contribution in [3.8, 4) is 0 Å². The van der Waals surface area contributed by atoms with Gasteiger partial charge in [0.25, 0.3) is 0 Å². The highest BCUT2D eigenvalue weighted by Gasteiger charge is 2.49. The number of pyridine rings is 1. The summed E-state index contributed by atoms with van der Waals surface area (Å²) < 4.78 is 28.0. The van der Waals surface area contributed by atoms with E-state index in [-0.39, 0.29) is 0 Å². The van der Waals surface area contributed by atoms with Crippen LogP contribution in [0.4, 0.5) is 0 Å². The van der Waals surface area contributed by atoms with Crippen molar-refractivity contribution in [1.29, 1.82) is 0 Å². The maximum absolute atomic E-state index is 13.2. The van der Waals surface area contributed by atoms with Gasteiger partial charge in [-0.25, -0.2) is 8.42 Å². The van der Waals surface area contributed by atoms with Crippen LogP contribution in [0.2, 0.25) is 0 Å². The number of hydrogen-bond acceptors (Lipinski definition) is 4. The highest BCUT2D eigenvalue weighted by atomic mass is 32.2. The molecule has 2 heterocycles. The minimum atomic E-state index is -3.52. The first-order chi connectivity index (χ1) is 11.0. The Bertz CT molecular complexity index is 865. The zero-order valence-electron chi connectivity index (χ0n) is 13.1. The molecule has 2 N–H and O–H groups in total. The van der Waals surface area contributed by atoms with Gasteiger partial charge in [0.05, 0.1) is 5.52 Å². The van der Waals surface area contributed by atoms with Crippen molar-refractivity contribution in [2.24, 2.45) is 23.5 Å². The van der Waals surface area contributed by atoms with E-state index < -0.39 is 10.0 Å². The average molecular weight is 331 g/mol. The number of benzene rings is 1. The third-order valence-electron chi connectivity index (χ3n) is 5.40. The normalized spacial score (nSPS) is 27.8. The maximum Gasteiger partial charge on any atom is 0.245 e. The Balaban J connectivity index is 1.75. The lowest BCUT2D eigenvalue weighted by Gasteiger charge is -2.38. The van der Waals surface area contributed by atoms with Gasteiger partial charge in [-0.15, -0.1) is 0 Å². The SMILES string of the molecule is Cc1cc(S(=O)(=O)N2C[C@@H]3C[C@@H](CN)[C@@H]3C2)c2ncccc2c1. The van der Waals surface area contributed by atoms with E-state index in [4.69, 9.17) is 5.73 Å². The quantitative estimate of drug-likeness (QED) is 0.930. The molecule has 23 heavy (non-hydrogen) atoms. The van der Waals surface area contributed by atoms with Crippen LogP contribution in [0.5, 0.6) is 0 Å². The van der Waals surface area contributed by atoms with Crippen LogP contribution in [0, 0.1) is 24.7 Å². The first kappa shape index (κ1) is 15.1. The Morgan fingerprint density at radius 1 is 1.35 bits per heavy atom. The van der Waals surface area contributed by atoms with Gasteiger partial charge in [0.2, 0.25) is 10.0 Å². The lowest BCUT2D eigenvalue weighted by molar-refractivity contribution is 0.129. The minimum Gasteiger partial charge on any atom is -0.330 e. The number of nitrogens with two attached hydrogens (primary N) is 1. The molecule has 4 rings (SSSR count). The molecule has 1 saturated carbocycles. The third kappa shape index (κ3) is 2.28. The standard InChI is InChI=1S/C17H21N3O2S/c1-11-5-12-3-2-4-19-17(12)16(6-11)23(21,22)20-9-14-7-13(8-18)15(14)10-20/h2-6,13-15H,7-10,18H2,1H3/t13-,14-,15-/m0/s1. The van der Waals surface area contributed by atoms with E-state index in [1.165, 1.54) is 0 Å². The summed E-state index contributed by atoms with van der Waals surface area (Å²) in [6, 6.07) is 7.46. The van der Waals surface area contributed by atoms with Crippen molar-refractivity contribution >= 4 is 20.9 Å². The summed E-state index contributed by atoms with van der Waals surface area (Å²) in [4.78, 5) is 4.65. The van der Waals surface area contributed by atoms with Crippen molar-refractivity contribution in [3.63, 3.8) is 0 Å². The van der Waals surface area contributed by atoms with Crippen LogP contribution in [-0.4, -0.2) is 37.3 Å². The zero-order valence-corrected chi connectivity index (χ0v) is 14.0. The van der Waals surface area contributed by atoms with Gasteiger partial charge in [0.15, 0.2) is 0 Å². The highest BCUT2D eigenvalue weighted by molar-refractivity contribution is 7.89. The smallest absolute Gasteiger partial charge is 0.245 e. The van der Waals surface area contributed by atoms with E-state index in [0.29, 0.717) is 47.8 Å². The van der Waals surface area contributed by atoms with Crippen molar-refractivity contribution in [3.05, 3.63) is 36.0 Å². The van der Waals surface area contributed by atoms with Gasteiger partial charge in [-0.3, -0.25) is 4.98 Å². The maximum atomic E-state index is 13.2. The van der Waals surface area contributed by atoms with Gasteiger partial charge in [-0.2, -0.15) is 4.31 Å². The van der Waals surface area contributed by atoms with Crippen LogP contribution in [0.3, 0.4) is 0 Å². The number of nitrogens with zero attached hydrogens (tertiary/aromatic N) is 2. The van der Waals surface area contributed by atoms with Crippen molar-refractivity contribution in [2.45, 2.75) is 18.2 Å². The van der Waals surface area contributed by atoms with Crippen LogP contribution in [0.15, 0.2) is 35.4 Å². The van der Waals surface area contributed by atoms with Gasteiger partial charge in [-0.1, -0.05) is 6.07 Å². The van der Waals surface area contributed by atoms with Crippen LogP contribution >= 0.6 is 0 Å². The Labute approximate surface area is 136 Å². The number of hydrogen-bond donors (Lipinski definition) is 1. The summed E-state index contributed by atoms with van der Waals surface area (Å²) >= 11 is 0. The van der Waals surface area contributed by atoms with Gasteiger partial charge in [-0.05, 0) is 61.4 Å². The van der Waals surface area contributed by atoms with E-state index >= 15 is 0 Å². The van der Waals surface area contributed by atoms with Crippen molar-refractivity contribution in [1.82, 2.24) is 9.29 Å². The van der Waals surface area contributed by atoms with E-state index in [0.717, 1.165) is 17.4 Å². The molecule has 0 unspecified atom stereocenters. The predicted octanol–water partition coefficient (Wildman–Crippen LogP) is 1.76. The lowest BCUT2D eigenvalue weighted by atomic mass is 9.67. The molecular weight excluding hydrogens is 310 g/mol. The Kier molecular flexibility index (Phi) is 3.44. The molecule has 0 amide bonds. The van der Waals surface area contributed by atoms with E-state index in [1.54, 1.807) is 16.6 Å². The molecule has 2 aliphatic rings. The summed E-state index contributed by atoms with van der Waals surface area (Å²) in [5.74, 6) is 1.38. The number of aryl methyl sites for hydroxylation is 1. The van der Waals surface area contributed by atoms with Gasteiger partial charge in [0, 0.05) is 24.7 Å². The Morgan fingerprint density at radius 2 is 2.17 bits per heavy atom. The Morgan fingerprint density at radius 3 is 2.96 bits per heavy atom. The molecular formula is C17H21N3O2S. The molecule has 3 atom stereocenters. The van der Waals surface area contributed by atoms with Crippen LogP contribution in [0.25, 0.3) is 10.9 Å². The topological polar surface area (TPSA) is 76.3 Å². The fourth-order valence-electron chi connectivity index (χ4n) is 4.11.